The lowest BCUT2D eigenvalue weighted by atomic mass is 9.79. The summed E-state index contributed by atoms with van der Waals surface area (Å²) in [6, 6.07) is 5.28. The van der Waals surface area contributed by atoms with E-state index in [1.165, 1.54) is 0 Å². The van der Waals surface area contributed by atoms with Crippen LogP contribution in [-0.2, 0) is 0 Å². The van der Waals surface area contributed by atoms with Gasteiger partial charge in [-0.15, -0.1) is 0 Å². The molecule has 0 aliphatic rings. The summed E-state index contributed by atoms with van der Waals surface area (Å²) >= 11 is 0. The van der Waals surface area contributed by atoms with E-state index in [4.69, 9.17) is 4.42 Å². The van der Waals surface area contributed by atoms with Crippen LogP contribution in [0.25, 0.3) is 23.1 Å². The SMILES string of the molecule is C=Cc1oc2c(B(O)O)cccc2c1/C=C\C. The molecular weight excluding hydrogens is 215 g/mol. The average molecular weight is 228 g/mol. The molecule has 1 aromatic carbocycles. The van der Waals surface area contributed by atoms with Gasteiger partial charge < -0.3 is 14.5 Å². The normalized spacial score (nSPS) is 11.2. The zero-order chi connectivity index (χ0) is 12.4. The first kappa shape index (κ1) is 11.7. The molecule has 0 saturated carbocycles. The average Bonchev–Trinajstić information content (AvgIpc) is 2.67. The van der Waals surface area contributed by atoms with Crippen molar-refractivity contribution in [1.29, 1.82) is 0 Å². The van der Waals surface area contributed by atoms with Gasteiger partial charge in [-0.05, 0) is 13.0 Å². The lowest BCUT2D eigenvalue weighted by molar-refractivity contribution is 0.425. The number of fused-ring (bicyclic) bond motifs is 1. The van der Waals surface area contributed by atoms with E-state index in [9.17, 15) is 10.0 Å². The van der Waals surface area contributed by atoms with Crippen molar-refractivity contribution < 1.29 is 14.5 Å². The molecule has 2 aromatic rings. The molecule has 1 aromatic heterocycles. The number of rotatable bonds is 3. The molecule has 86 valence electrons. The van der Waals surface area contributed by atoms with E-state index >= 15 is 0 Å². The van der Waals surface area contributed by atoms with E-state index in [0.717, 1.165) is 10.9 Å². The van der Waals surface area contributed by atoms with Gasteiger partial charge in [0.25, 0.3) is 0 Å². The fourth-order valence-corrected chi connectivity index (χ4v) is 1.87. The second kappa shape index (κ2) is 4.61. The summed E-state index contributed by atoms with van der Waals surface area (Å²) < 4.78 is 5.60. The molecule has 1 heterocycles. The topological polar surface area (TPSA) is 53.6 Å². The largest absolute Gasteiger partial charge is 0.492 e. The maximum Gasteiger partial charge on any atom is 0.492 e. The molecule has 3 nitrogen and oxygen atoms in total. The van der Waals surface area contributed by atoms with Gasteiger partial charge in [0.15, 0.2) is 0 Å². The Morgan fingerprint density at radius 3 is 2.71 bits per heavy atom. The standard InChI is InChI=1S/C13H13BO3/c1-3-6-9-10-7-5-8-11(14(15)16)13(10)17-12(9)4-2/h3-8,15-16H,2H2,1H3/b6-3-. The van der Waals surface area contributed by atoms with Gasteiger partial charge in [-0.3, -0.25) is 0 Å². The predicted octanol–water partition coefficient (Wildman–Crippen LogP) is 1.79. The molecule has 0 atom stereocenters. The third kappa shape index (κ3) is 1.93. The third-order valence-electron chi connectivity index (χ3n) is 2.61. The van der Waals surface area contributed by atoms with Crippen LogP contribution >= 0.6 is 0 Å². The predicted molar refractivity (Wildman–Crippen MR) is 70.8 cm³/mol. The number of para-hydroxylation sites is 1. The first-order valence-corrected chi connectivity index (χ1v) is 5.35. The highest BCUT2D eigenvalue weighted by Gasteiger charge is 2.19. The molecule has 0 bridgehead atoms. The molecule has 0 radical (unpaired) electrons. The van der Waals surface area contributed by atoms with Crippen molar-refractivity contribution in [2.24, 2.45) is 0 Å². The van der Waals surface area contributed by atoms with Crippen LogP contribution in [0.4, 0.5) is 0 Å². The summed E-state index contributed by atoms with van der Waals surface area (Å²) in [4.78, 5) is 0. The Kier molecular flexibility index (Phi) is 3.18. The van der Waals surface area contributed by atoms with Crippen LogP contribution in [0.1, 0.15) is 18.2 Å². The van der Waals surface area contributed by atoms with Crippen LogP contribution in [0, 0.1) is 0 Å². The van der Waals surface area contributed by atoms with Crippen LogP contribution in [0.5, 0.6) is 0 Å². The van der Waals surface area contributed by atoms with Crippen molar-refractivity contribution >= 4 is 35.7 Å². The Morgan fingerprint density at radius 1 is 1.35 bits per heavy atom. The Morgan fingerprint density at radius 2 is 2.12 bits per heavy atom. The highest BCUT2D eigenvalue weighted by molar-refractivity contribution is 6.61. The molecule has 2 N–H and O–H groups in total. The number of benzene rings is 1. The van der Waals surface area contributed by atoms with E-state index in [1.54, 1.807) is 18.2 Å². The van der Waals surface area contributed by atoms with E-state index < -0.39 is 7.12 Å². The smallest absolute Gasteiger partial charge is 0.456 e. The molecule has 2 rings (SSSR count). The van der Waals surface area contributed by atoms with E-state index in [2.05, 4.69) is 6.58 Å². The summed E-state index contributed by atoms with van der Waals surface area (Å²) in [6.07, 6.45) is 5.43. The third-order valence-corrected chi connectivity index (χ3v) is 2.61. The lowest BCUT2D eigenvalue weighted by Crippen LogP contribution is -2.29. The highest BCUT2D eigenvalue weighted by atomic mass is 16.4. The summed E-state index contributed by atoms with van der Waals surface area (Å²) in [5, 5.41) is 19.4. The maximum absolute atomic E-state index is 9.28. The van der Waals surface area contributed by atoms with Gasteiger partial charge in [-0.25, -0.2) is 0 Å². The minimum atomic E-state index is -1.54. The minimum absolute atomic E-state index is 0.362. The number of hydrogen-bond donors (Lipinski definition) is 2. The van der Waals surface area contributed by atoms with E-state index in [0.29, 0.717) is 16.8 Å². The Bertz CT molecular complexity index is 582. The van der Waals surface area contributed by atoms with Crippen molar-refractivity contribution in [2.75, 3.05) is 0 Å². The number of furan rings is 1. The fraction of sp³-hybridized carbons (Fsp3) is 0.0769. The van der Waals surface area contributed by atoms with Gasteiger partial charge in [0.1, 0.15) is 11.3 Å². The van der Waals surface area contributed by atoms with E-state index in [-0.39, 0.29) is 0 Å². The van der Waals surface area contributed by atoms with Crippen molar-refractivity contribution in [3.8, 4) is 0 Å². The molecule has 17 heavy (non-hydrogen) atoms. The summed E-state index contributed by atoms with van der Waals surface area (Å²) in [7, 11) is -1.54. The molecule has 0 spiro atoms. The molecule has 4 heteroatoms. The van der Waals surface area contributed by atoms with Gasteiger partial charge in [-0.2, -0.15) is 0 Å². The first-order valence-electron chi connectivity index (χ1n) is 5.35. The lowest BCUT2D eigenvalue weighted by Gasteiger charge is -1.99. The van der Waals surface area contributed by atoms with Crippen LogP contribution in [0.2, 0.25) is 0 Å². The Labute approximate surface area is 99.8 Å². The van der Waals surface area contributed by atoms with Crippen molar-refractivity contribution in [2.45, 2.75) is 6.92 Å². The van der Waals surface area contributed by atoms with Crippen LogP contribution in [0.15, 0.2) is 35.3 Å². The molecule has 0 aliphatic carbocycles. The first-order chi connectivity index (χ1) is 8.19. The second-order valence-electron chi connectivity index (χ2n) is 3.68. The zero-order valence-corrected chi connectivity index (χ0v) is 9.55. The Hall–Kier alpha value is -1.78. The highest BCUT2D eigenvalue weighted by Crippen LogP contribution is 2.27. The molecule has 0 unspecified atom stereocenters. The van der Waals surface area contributed by atoms with Crippen molar-refractivity contribution in [3.05, 3.63) is 42.2 Å². The van der Waals surface area contributed by atoms with Crippen molar-refractivity contribution in [3.63, 3.8) is 0 Å². The monoisotopic (exact) mass is 228 g/mol. The molecule has 0 amide bonds. The van der Waals surface area contributed by atoms with Crippen LogP contribution < -0.4 is 5.46 Å². The molecule has 0 aliphatic heterocycles. The second-order valence-corrected chi connectivity index (χ2v) is 3.68. The number of hydrogen-bond acceptors (Lipinski definition) is 3. The molecule has 0 saturated heterocycles. The summed E-state index contributed by atoms with van der Waals surface area (Å²) in [5.74, 6) is 0.631. The molecular formula is C13H13BO3. The van der Waals surface area contributed by atoms with Gasteiger partial charge in [-0.1, -0.05) is 36.9 Å². The van der Waals surface area contributed by atoms with Gasteiger partial charge in [0.05, 0.1) is 0 Å². The van der Waals surface area contributed by atoms with E-state index in [1.807, 2.05) is 25.1 Å². The molecule has 0 fully saturated rings. The van der Waals surface area contributed by atoms with Crippen LogP contribution in [0.3, 0.4) is 0 Å². The summed E-state index contributed by atoms with van der Waals surface area (Å²) in [5.41, 5.74) is 1.76. The maximum atomic E-state index is 9.28. The van der Waals surface area contributed by atoms with Gasteiger partial charge >= 0.3 is 7.12 Å². The minimum Gasteiger partial charge on any atom is -0.456 e. The summed E-state index contributed by atoms with van der Waals surface area (Å²) in [6.45, 7) is 5.60. The fourth-order valence-electron chi connectivity index (χ4n) is 1.87. The van der Waals surface area contributed by atoms with Gasteiger partial charge in [0.2, 0.25) is 0 Å². The van der Waals surface area contributed by atoms with Crippen LogP contribution in [-0.4, -0.2) is 17.2 Å². The Balaban J connectivity index is 2.81. The van der Waals surface area contributed by atoms with Gasteiger partial charge in [0, 0.05) is 16.4 Å². The quantitative estimate of drug-likeness (QED) is 0.787. The van der Waals surface area contributed by atoms with Crippen molar-refractivity contribution in [1.82, 2.24) is 0 Å². The number of allylic oxidation sites excluding steroid dienone is 1. The zero-order valence-electron chi connectivity index (χ0n) is 9.55.